The molecule has 0 spiro atoms. The molecule has 92 valence electrons. The SMILES string of the molecule is CCc1nc2ccc(C(CN)N(C)C)cc2[nH]1. The van der Waals surface area contributed by atoms with Gasteiger partial charge in [-0.2, -0.15) is 0 Å². The third kappa shape index (κ3) is 2.33. The number of nitrogens with zero attached hydrogens (tertiary/aromatic N) is 2. The first kappa shape index (κ1) is 12.1. The van der Waals surface area contributed by atoms with E-state index >= 15 is 0 Å². The predicted molar refractivity (Wildman–Crippen MR) is 71.0 cm³/mol. The van der Waals surface area contributed by atoms with E-state index in [4.69, 9.17) is 5.73 Å². The Kier molecular flexibility index (Phi) is 3.45. The summed E-state index contributed by atoms with van der Waals surface area (Å²) in [6, 6.07) is 6.58. The average molecular weight is 232 g/mol. The summed E-state index contributed by atoms with van der Waals surface area (Å²) in [4.78, 5) is 9.97. The van der Waals surface area contributed by atoms with Crippen molar-refractivity contribution in [1.82, 2.24) is 14.9 Å². The number of hydrogen-bond acceptors (Lipinski definition) is 3. The number of nitrogens with one attached hydrogen (secondary N) is 1. The van der Waals surface area contributed by atoms with Crippen molar-refractivity contribution in [3.63, 3.8) is 0 Å². The molecule has 0 amide bonds. The second-order valence-corrected chi connectivity index (χ2v) is 4.53. The molecule has 4 nitrogen and oxygen atoms in total. The Balaban J connectivity index is 2.42. The number of aromatic nitrogens is 2. The van der Waals surface area contributed by atoms with Gasteiger partial charge in [0.2, 0.25) is 0 Å². The summed E-state index contributed by atoms with van der Waals surface area (Å²) in [6.45, 7) is 2.72. The van der Waals surface area contributed by atoms with Crippen LogP contribution in [0.5, 0.6) is 0 Å². The van der Waals surface area contributed by atoms with Gasteiger partial charge in [0.1, 0.15) is 5.82 Å². The molecule has 4 heteroatoms. The Morgan fingerprint density at radius 2 is 2.18 bits per heavy atom. The van der Waals surface area contributed by atoms with Gasteiger partial charge in [-0.1, -0.05) is 13.0 Å². The van der Waals surface area contributed by atoms with Gasteiger partial charge in [-0.3, -0.25) is 0 Å². The zero-order chi connectivity index (χ0) is 12.4. The largest absolute Gasteiger partial charge is 0.342 e. The zero-order valence-corrected chi connectivity index (χ0v) is 10.7. The zero-order valence-electron chi connectivity index (χ0n) is 10.7. The number of nitrogens with two attached hydrogens (primary N) is 1. The molecule has 3 N–H and O–H groups in total. The highest BCUT2D eigenvalue weighted by atomic mass is 15.1. The van der Waals surface area contributed by atoms with Crippen LogP contribution in [0.15, 0.2) is 18.2 Å². The summed E-state index contributed by atoms with van der Waals surface area (Å²) in [6.07, 6.45) is 0.929. The lowest BCUT2D eigenvalue weighted by molar-refractivity contribution is 0.306. The van der Waals surface area contributed by atoms with E-state index in [-0.39, 0.29) is 6.04 Å². The van der Waals surface area contributed by atoms with Crippen LogP contribution in [0, 0.1) is 0 Å². The van der Waals surface area contributed by atoms with Crippen LogP contribution < -0.4 is 5.73 Å². The number of hydrogen-bond donors (Lipinski definition) is 2. The minimum absolute atomic E-state index is 0.257. The van der Waals surface area contributed by atoms with E-state index < -0.39 is 0 Å². The molecule has 2 rings (SSSR count). The van der Waals surface area contributed by atoms with E-state index in [0.29, 0.717) is 6.54 Å². The van der Waals surface area contributed by atoms with Crippen LogP contribution in [-0.2, 0) is 6.42 Å². The number of rotatable bonds is 4. The van der Waals surface area contributed by atoms with E-state index in [1.807, 2.05) is 14.1 Å². The van der Waals surface area contributed by atoms with Crippen LogP contribution >= 0.6 is 0 Å². The van der Waals surface area contributed by atoms with Crippen LogP contribution in [0.4, 0.5) is 0 Å². The second-order valence-electron chi connectivity index (χ2n) is 4.53. The first-order valence-corrected chi connectivity index (χ1v) is 6.00. The Hall–Kier alpha value is -1.39. The maximum Gasteiger partial charge on any atom is 0.106 e. The van der Waals surface area contributed by atoms with Gasteiger partial charge in [-0.25, -0.2) is 4.98 Å². The van der Waals surface area contributed by atoms with Crippen molar-refractivity contribution in [3.05, 3.63) is 29.6 Å². The molecule has 0 saturated carbocycles. The van der Waals surface area contributed by atoms with Gasteiger partial charge in [0, 0.05) is 19.0 Å². The smallest absolute Gasteiger partial charge is 0.106 e. The molecule has 0 aliphatic heterocycles. The highest BCUT2D eigenvalue weighted by Crippen LogP contribution is 2.21. The normalized spacial score (nSPS) is 13.5. The van der Waals surface area contributed by atoms with Gasteiger partial charge in [0.05, 0.1) is 11.0 Å². The number of aryl methyl sites for hydroxylation is 1. The quantitative estimate of drug-likeness (QED) is 0.843. The summed E-state index contributed by atoms with van der Waals surface area (Å²) >= 11 is 0. The molecule has 1 unspecified atom stereocenters. The first-order valence-electron chi connectivity index (χ1n) is 6.00. The van der Waals surface area contributed by atoms with Crippen LogP contribution in [-0.4, -0.2) is 35.5 Å². The third-order valence-corrected chi connectivity index (χ3v) is 3.12. The van der Waals surface area contributed by atoms with Crippen molar-refractivity contribution in [3.8, 4) is 0 Å². The monoisotopic (exact) mass is 232 g/mol. The Morgan fingerprint density at radius 3 is 2.76 bits per heavy atom. The standard InChI is InChI=1S/C13H20N4/c1-4-13-15-10-6-5-9(7-11(10)16-13)12(8-14)17(2)3/h5-7,12H,4,8,14H2,1-3H3,(H,15,16). The molecule has 1 aromatic carbocycles. The van der Waals surface area contributed by atoms with E-state index in [2.05, 4.69) is 40.0 Å². The molecule has 1 aromatic heterocycles. The van der Waals surface area contributed by atoms with Crippen molar-refractivity contribution in [1.29, 1.82) is 0 Å². The van der Waals surface area contributed by atoms with Crippen molar-refractivity contribution in [2.24, 2.45) is 5.73 Å². The van der Waals surface area contributed by atoms with E-state index in [1.165, 1.54) is 5.56 Å². The van der Waals surface area contributed by atoms with Gasteiger partial charge in [-0.05, 0) is 31.8 Å². The van der Waals surface area contributed by atoms with Crippen LogP contribution in [0.3, 0.4) is 0 Å². The topological polar surface area (TPSA) is 57.9 Å². The molecule has 1 heterocycles. The minimum atomic E-state index is 0.257. The maximum atomic E-state index is 5.81. The Labute approximate surface area is 102 Å². The van der Waals surface area contributed by atoms with Gasteiger partial charge in [0.25, 0.3) is 0 Å². The average Bonchev–Trinajstić information content (AvgIpc) is 2.71. The number of H-pyrrole nitrogens is 1. The number of benzene rings is 1. The third-order valence-electron chi connectivity index (χ3n) is 3.12. The fourth-order valence-electron chi connectivity index (χ4n) is 2.10. The molecule has 0 radical (unpaired) electrons. The van der Waals surface area contributed by atoms with Crippen molar-refractivity contribution in [2.45, 2.75) is 19.4 Å². The highest BCUT2D eigenvalue weighted by Gasteiger charge is 2.13. The summed E-state index contributed by atoms with van der Waals surface area (Å²) < 4.78 is 0. The summed E-state index contributed by atoms with van der Waals surface area (Å²) in [5.74, 6) is 1.03. The fraction of sp³-hybridized carbons (Fsp3) is 0.462. The van der Waals surface area contributed by atoms with Crippen molar-refractivity contribution in [2.75, 3.05) is 20.6 Å². The van der Waals surface area contributed by atoms with Crippen LogP contribution in [0.1, 0.15) is 24.4 Å². The molecule has 0 bridgehead atoms. The molecular weight excluding hydrogens is 212 g/mol. The number of likely N-dealkylation sites (N-methyl/N-ethyl adjacent to an activating group) is 1. The van der Waals surface area contributed by atoms with Gasteiger partial charge >= 0.3 is 0 Å². The second kappa shape index (κ2) is 4.85. The number of fused-ring (bicyclic) bond motifs is 1. The molecule has 0 saturated heterocycles. The number of imidazole rings is 1. The molecule has 17 heavy (non-hydrogen) atoms. The van der Waals surface area contributed by atoms with Crippen molar-refractivity contribution < 1.29 is 0 Å². The lowest BCUT2D eigenvalue weighted by atomic mass is 10.1. The van der Waals surface area contributed by atoms with Gasteiger partial charge < -0.3 is 15.6 Å². The molecule has 2 aromatic rings. The Bertz CT molecular complexity index is 501. The van der Waals surface area contributed by atoms with Gasteiger partial charge in [-0.15, -0.1) is 0 Å². The number of aromatic amines is 1. The lowest BCUT2D eigenvalue weighted by Crippen LogP contribution is -2.27. The fourth-order valence-corrected chi connectivity index (χ4v) is 2.10. The summed E-state index contributed by atoms with van der Waals surface area (Å²) in [7, 11) is 4.10. The molecular formula is C13H20N4. The van der Waals surface area contributed by atoms with E-state index in [0.717, 1.165) is 23.3 Å². The lowest BCUT2D eigenvalue weighted by Gasteiger charge is -2.22. The van der Waals surface area contributed by atoms with Crippen LogP contribution in [0.2, 0.25) is 0 Å². The Morgan fingerprint density at radius 1 is 1.41 bits per heavy atom. The first-order chi connectivity index (χ1) is 8.15. The minimum Gasteiger partial charge on any atom is -0.342 e. The summed E-state index contributed by atoms with van der Waals surface area (Å²) in [5.41, 5.74) is 9.17. The highest BCUT2D eigenvalue weighted by molar-refractivity contribution is 5.76. The van der Waals surface area contributed by atoms with Crippen molar-refractivity contribution >= 4 is 11.0 Å². The van der Waals surface area contributed by atoms with E-state index in [1.54, 1.807) is 0 Å². The maximum absolute atomic E-state index is 5.81. The molecule has 0 aliphatic carbocycles. The van der Waals surface area contributed by atoms with Crippen LogP contribution in [0.25, 0.3) is 11.0 Å². The molecule has 1 atom stereocenters. The summed E-state index contributed by atoms with van der Waals surface area (Å²) in [5, 5.41) is 0. The van der Waals surface area contributed by atoms with Gasteiger partial charge in [0.15, 0.2) is 0 Å². The molecule has 0 aliphatic rings. The molecule has 0 fully saturated rings. The van der Waals surface area contributed by atoms with E-state index in [9.17, 15) is 0 Å². The predicted octanol–water partition coefficient (Wildman–Crippen LogP) is 1.69.